The van der Waals surface area contributed by atoms with Gasteiger partial charge in [0.25, 0.3) is 5.56 Å². The van der Waals surface area contributed by atoms with Gasteiger partial charge >= 0.3 is 0 Å². The average molecular weight is 395 g/mol. The van der Waals surface area contributed by atoms with Gasteiger partial charge in [0.2, 0.25) is 5.91 Å². The molecule has 1 heterocycles. The van der Waals surface area contributed by atoms with E-state index in [-0.39, 0.29) is 22.2 Å². The number of para-hydroxylation sites is 2. The first-order chi connectivity index (χ1) is 13.5. The Morgan fingerprint density at radius 3 is 2.61 bits per heavy atom. The van der Waals surface area contributed by atoms with E-state index in [1.807, 2.05) is 44.2 Å². The lowest BCUT2D eigenvalue weighted by Crippen LogP contribution is -2.22. The molecule has 0 saturated carbocycles. The van der Waals surface area contributed by atoms with Crippen LogP contribution in [0.15, 0.2) is 64.7 Å². The predicted octanol–water partition coefficient (Wildman–Crippen LogP) is 3.59. The van der Waals surface area contributed by atoms with Gasteiger partial charge < -0.3 is 10.1 Å². The van der Waals surface area contributed by atoms with Crippen LogP contribution in [-0.2, 0) is 4.79 Å². The van der Waals surface area contributed by atoms with Crippen LogP contribution in [0.2, 0.25) is 0 Å². The Kier molecular flexibility index (Phi) is 6.16. The minimum Gasteiger partial charge on any atom is -0.495 e. The molecule has 1 aromatic heterocycles. The number of hydrogen-bond acceptors (Lipinski definition) is 5. The Morgan fingerprint density at radius 1 is 1.18 bits per heavy atom. The molecule has 144 valence electrons. The zero-order valence-corrected chi connectivity index (χ0v) is 16.7. The van der Waals surface area contributed by atoms with E-state index in [4.69, 9.17) is 4.74 Å². The highest BCUT2D eigenvalue weighted by Crippen LogP contribution is 2.21. The number of aryl methyl sites for hydroxylation is 2. The molecule has 3 aromatic rings. The molecule has 1 amide bonds. The summed E-state index contributed by atoms with van der Waals surface area (Å²) in [5.74, 6) is 0.480. The van der Waals surface area contributed by atoms with Gasteiger partial charge in [0.15, 0.2) is 5.03 Å². The summed E-state index contributed by atoms with van der Waals surface area (Å²) in [7, 11) is 1.55. The number of aromatic nitrogens is 2. The summed E-state index contributed by atoms with van der Waals surface area (Å²) >= 11 is 1.11. The van der Waals surface area contributed by atoms with Crippen LogP contribution in [0, 0.1) is 13.8 Å². The SMILES string of the molecule is COc1ccccc1-n1ccnc(SCC(=O)Nc2cc(C)cc(C)c2)c1=O. The highest BCUT2D eigenvalue weighted by molar-refractivity contribution is 7.99. The Hall–Kier alpha value is -3.06. The molecule has 0 unspecified atom stereocenters. The van der Waals surface area contributed by atoms with Crippen LogP contribution in [-0.4, -0.2) is 28.3 Å². The summed E-state index contributed by atoms with van der Waals surface area (Å²) in [6.45, 7) is 3.96. The quantitative estimate of drug-likeness (QED) is 0.646. The number of methoxy groups -OCH3 is 1. The number of carbonyl (C=O) groups is 1. The topological polar surface area (TPSA) is 73.2 Å². The third-order valence-corrected chi connectivity index (χ3v) is 4.96. The van der Waals surface area contributed by atoms with Crippen molar-refractivity contribution in [2.24, 2.45) is 0 Å². The third kappa shape index (κ3) is 4.61. The largest absolute Gasteiger partial charge is 0.495 e. The Morgan fingerprint density at radius 2 is 1.89 bits per heavy atom. The van der Waals surface area contributed by atoms with Crippen molar-refractivity contribution in [1.82, 2.24) is 9.55 Å². The van der Waals surface area contributed by atoms with Crippen LogP contribution in [0.4, 0.5) is 5.69 Å². The number of rotatable bonds is 6. The van der Waals surface area contributed by atoms with E-state index < -0.39 is 0 Å². The predicted molar refractivity (Wildman–Crippen MR) is 112 cm³/mol. The maximum atomic E-state index is 12.8. The van der Waals surface area contributed by atoms with E-state index in [2.05, 4.69) is 10.3 Å². The van der Waals surface area contributed by atoms with E-state index in [0.717, 1.165) is 28.6 Å². The van der Waals surface area contributed by atoms with Gasteiger partial charge in [-0.1, -0.05) is 30.0 Å². The summed E-state index contributed by atoms with van der Waals surface area (Å²) in [4.78, 5) is 29.2. The lowest BCUT2D eigenvalue weighted by Gasteiger charge is -2.11. The van der Waals surface area contributed by atoms with Gasteiger partial charge in [0, 0.05) is 18.1 Å². The minimum atomic E-state index is -0.295. The summed E-state index contributed by atoms with van der Waals surface area (Å²) in [5, 5.41) is 3.12. The molecule has 0 aliphatic heterocycles. The first-order valence-corrected chi connectivity index (χ1v) is 9.68. The number of hydrogen-bond donors (Lipinski definition) is 1. The van der Waals surface area contributed by atoms with Crippen molar-refractivity contribution in [2.75, 3.05) is 18.2 Å². The van der Waals surface area contributed by atoms with Crippen molar-refractivity contribution in [2.45, 2.75) is 18.9 Å². The molecule has 2 aromatic carbocycles. The van der Waals surface area contributed by atoms with Gasteiger partial charge in [0.05, 0.1) is 18.6 Å². The number of benzene rings is 2. The van der Waals surface area contributed by atoms with Crippen LogP contribution >= 0.6 is 11.8 Å². The second kappa shape index (κ2) is 8.75. The van der Waals surface area contributed by atoms with Gasteiger partial charge in [0.1, 0.15) is 5.75 Å². The van der Waals surface area contributed by atoms with Crippen molar-refractivity contribution in [3.8, 4) is 11.4 Å². The smallest absolute Gasteiger partial charge is 0.287 e. The van der Waals surface area contributed by atoms with Gasteiger partial charge in [-0.25, -0.2) is 4.98 Å². The Labute approximate surface area is 167 Å². The number of thioether (sulfide) groups is 1. The van der Waals surface area contributed by atoms with Crippen LogP contribution in [0.5, 0.6) is 5.75 Å². The second-order valence-electron chi connectivity index (χ2n) is 6.29. The normalized spacial score (nSPS) is 10.5. The summed E-state index contributed by atoms with van der Waals surface area (Å²) in [6.07, 6.45) is 3.12. The van der Waals surface area contributed by atoms with E-state index >= 15 is 0 Å². The van der Waals surface area contributed by atoms with Gasteiger partial charge in [-0.3, -0.25) is 14.2 Å². The summed E-state index contributed by atoms with van der Waals surface area (Å²) in [5.41, 5.74) is 3.23. The second-order valence-corrected chi connectivity index (χ2v) is 7.26. The Bertz CT molecular complexity index is 1040. The number of nitrogens with one attached hydrogen (secondary N) is 1. The number of anilines is 1. The van der Waals surface area contributed by atoms with Crippen LogP contribution in [0.25, 0.3) is 5.69 Å². The average Bonchev–Trinajstić information content (AvgIpc) is 2.66. The fraction of sp³-hybridized carbons (Fsp3) is 0.190. The van der Waals surface area contributed by atoms with Crippen molar-refractivity contribution in [3.05, 3.63) is 76.3 Å². The molecule has 28 heavy (non-hydrogen) atoms. The van der Waals surface area contributed by atoms with Gasteiger partial charge in [-0.05, 0) is 49.2 Å². The third-order valence-electron chi connectivity index (χ3n) is 4.00. The van der Waals surface area contributed by atoms with Crippen molar-refractivity contribution < 1.29 is 9.53 Å². The standard InChI is InChI=1S/C21H21N3O3S/c1-14-10-15(2)12-16(11-14)23-19(25)13-28-20-21(26)24(9-8-22-20)17-6-4-5-7-18(17)27-3/h4-12H,13H2,1-3H3,(H,23,25). The molecule has 7 heteroatoms. The number of nitrogens with zero attached hydrogens (tertiary/aromatic N) is 2. The zero-order valence-electron chi connectivity index (χ0n) is 15.9. The minimum absolute atomic E-state index is 0.0885. The van der Waals surface area contributed by atoms with E-state index in [0.29, 0.717) is 11.4 Å². The fourth-order valence-electron chi connectivity index (χ4n) is 2.89. The van der Waals surface area contributed by atoms with Crippen LogP contribution in [0.1, 0.15) is 11.1 Å². The molecule has 0 aliphatic carbocycles. The monoisotopic (exact) mass is 395 g/mol. The van der Waals surface area contributed by atoms with Crippen molar-refractivity contribution in [1.29, 1.82) is 0 Å². The Balaban J connectivity index is 1.75. The molecule has 0 spiro atoms. The van der Waals surface area contributed by atoms with E-state index in [9.17, 15) is 9.59 Å². The summed E-state index contributed by atoms with van der Waals surface area (Å²) in [6, 6.07) is 13.1. The highest BCUT2D eigenvalue weighted by atomic mass is 32.2. The molecular formula is C21H21N3O3S. The van der Waals surface area contributed by atoms with Crippen molar-refractivity contribution in [3.63, 3.8) is 0 Å². The number of ether oxygens (including phenoxy) is 1. The molecule has 0 radical (unpaired) electrons. The van der Waals surface area contributed by atoms with Crippen molar-refractivity contribution >= 4 is 23.4 Å². The molecule has 6 nitrogen and oxygen atoms in total. The zero-order chi connectivity index (χ0) is 20.1. The van der Waals surface area contributed by atoms with E-state index in [1.54, 1.807) is 25.4 Å². The molecule has 0 aliphatic rings. The molecule has 0 fully saturated rings. The molecular weight excluding hydrogens is 374 g/mol. The number of amides is 1. The lowest BCUT2D eigenvalue weighted by atomic mass is 10.1. The first-order valence-electron chi connectivity index (χ1n) is 8.70. The summed E-state index contributed by atoms with van der Waals surface area (Å²) < 4.78 is 6.80. The maximum absolute atomic E-state index is 12.8. The molecule has 0 atom stereocenters. The van der Waals surface area contributed by atoms with Crippen LogP contribution in [0.3, 0.4) is 0 Å². The maximum Gasteiger partial charge on any atom is 0.287 e. The van der Waals surface area contributed by atoms with Gasteiger partial charge in [-0.15, -0.1) is 0 Å². The molecule has 0 bridgehead atoms. The molecule has 3 rings (SSSR count). The lowest BCUT2D eigenvalue weighted by molar-refractivity contribution is -0.113. The van der Waals surface area contributed by atoms with Gasteiger partial charge in [-0.2, -0.15) is 0 Å². The van der Waals surface area contributed by atoms with Crippen LogP contribution < -0.4 is 15.6 Å². The van der Waals surface area contributed by atoms with E-state index in [1.165, 1.54) is 10.8 Å². The first kappa shape index (κ1) is 19.7. The fourth-order valence-corrected chi connectivity index (χ4v) is 3.59. The molecule has 0 saturated heterocycles. The molecule has 1 N–H and O–H groups in total. The highest BCUT2D eigenvalue weighted by Gasteiger charge is 2.12. The number of carbonyl (C=O) groups excluding carboxylic acids is 1.